The molecule has 0 aliphatic rings. The maximum absolute atomic E-state index is 12.6. The molecule has 3 aromatic carbocycles. The van der Waals surface area contributed by atoms with Crippen LogP contribution in [0.15, 0.2) is 90.4 Å². The molecule has 4 rings (SSSR count). The number of ether oxygens (including phenoxy) is 1. The zero-order valence-corrected chi connectivity index (χ0v) is 19.8. The molecule has 0 saturated carbocycles. The van der Waals surface area contributed by atoms with Crippen LogP contribution >= 0.6 is 0 Å². The number of amides is 1. The maximum atomic E-state index is 12.6. The van der Waals surface area contributed by atoms with Crippen LogP contribution in [0.2, 0.25) is 0 Å². The summed E-state index contributed by atoms with van der Waals surface area (Å²) in [7, 11) is -2.63. The van der Waals surface area contributed by atoms with Crippen molar-refractivity contribution in [2.24, 2.45) is 0 Å². The predicted octanol–water partition coefficient (Wildman–Crippen LogP) is 4.00. The highest BCUT2D eigenvalue weighted by Gasteiger charge is 2.19. The second kappa shape index (κ2) is 10.2. The number of para-hydroxylation sites is 2. The molecule has 0 aliphatic carbocycles. The number of aryl methyl sites for hydroxylation is 1. The first-order chi connectivity index (χ1) is 16.9. The Balaban J connectivity index is 1.48. The minimum absolute atomic E-state index is 0.0384. The average molecular weight is 491 g/mol. The molecular formula is C25H22N4O5S. The van der Waals surface area contributed by atoms with Crippen LogP contribution in [0.4, 0.5) is 5.69 Å². The Morgan fingerprint density at radius 1 is 1.03 bits per heavy atom. The summed E-state index contributed by atoms with van der Waals surface area (Å²) < 4.78 is 37.4. The Labute approximate surface area is 202 Å². The SMILES string of the molecule is COc1cc(/C=C/C(=O)Nc2ccccc2-n2cncn2)ccc1OS(=O)(=O)c1ccc(C)cc1. The smallest absolute Gasteiger partial charge is 0.339 e. The molecule has 1 heterocycles. The largest absolute Gasteiger partial charge is 0.493 e. The van der Waals surface area contributed by atoms with Gasteiger partial charge in [0, 0.05) is 6.08 Å². The van der Waals surface area contributed by atoms with Crippen LogP contribution in [0.3, 0.4) is 0 Å². The van der Waals surface area contributed by atoms with Crippen LogP contribution in [0.1, 0.15) is 11.1 Å². The second-order valence-electron chi connectivity index (χ2n) is 7.44. The van der Waals surface area contributed by atoms with Crippen LogP contribution in [-0.4, -0.2) is 36.2 Å². The molecular weight excluding hydrogens is 468 g/mol. The quantitative estimate of drug-likeness (QED) is 0.293. The van der Waals surface area contributed by atoms with Crippen LogP contribution in [-0.2, 0) is 14.9 Å². The van der Waals surface area contributed by atoms with Crippen molar-refractivity contribution >= 4 is 27.8 Å². The van der Waals surface area contributed by atoms with Gasteiger partial charge in [-0.3, -0.25) is 4.79 Å². The third-order valence-corrected chi connectivity index (χ3v) is 6.20. The number of hydrogen-bond donors (Lipinski definition) is 1. The van der Waals surface area contributed by atoms with E-state index in [0.29, 0.717) is 16.9 Å². The number of nitrogens with one attached hydrogen (secondary N) is 1. The highest BCUT2D eigenvalue weighted by Crippen LogP contribution is 2.31. The van der Waals surface area contributed by atoms with Crippen molar-refractivity contribution in [1.82, 2.24) is 14.8 Å². The number of hydrogen-bond acceptors (Lipinski definition) is 7. The van der Waals surface area contributed by atoms with E-state index in [1.807, 2.05) is 19.1 Å². The number of benzene rings is 3. The lowest BCUT2D eigenvalue weighted by Gasteiger charge is -2.11. The molecule has 35 heavy (non-hydrogen) atoms. The number of aromatic nitrogens is 3. The monoisotopic (exact) mass is 490 g/mol. The Hall–Kier alpha value is -4.44. The molecule has 0 spiro atoms. The Morgan fingerprint density at radius 3 is 2.51 bits per heavy atom. The molecule has 4 aromatic rings. The lowest BCUT2D eigenvalue weighted by Crippen LogP contribution is -2.11. The summed E-state index contributed by atoms with van der Waals surface area (Å²) in [6, 6.07) is 18.2. The molecule has 0 aliphatic heterocycles. The number of carbonyl (C=O) groups is 1. The number of anilines is 1. The third kappa shape index (κ3) is 5.74. The number of carbonyl (C=O) groups excluding carboxylic acids is 1. The Morgan fingerprint density at radius 2 is 1.80 bits per heavy atom. The van der Waals surface area contributed by atoms with Crippen LogP contribution < -0.4 is 14.2 Å². The summed E-state index contributed by atoms with van der Waals surface area (Å²) in [5, 5.41) is 6.90. The van der Waals surface area contributed by atoms with E-state index in [1.54, 1.807) is 47.2 Å². The van der Waals surface area contributed by atoms with Gasteiger partial charge in [0.15, 0.2) is 11.5 Å². The van der Waals surface area contributed by atoms with Gasteiger partial charge in [-0.05, 0) is 55.0 Å². The molecule has 0 bridgehead atoms. The van der Waals surface area contributed by atoms with Crippen LogP contribution in [0.25, 0.3) is 11.8 Å². The lowest BCUT2D eigenvalue weighted by atomic mass is 10.2. The summed E-state index contributed by atoms with van der Waals surface area (Å²) in [5.74, 6) is -0.116. The average Bonchev–Trinajstić information content (AvgIpc) is 3.39. The maximum Gasteiger partial charge on any atom is 0.339 e. The van der Waals surface area contributed by atoms with E-state index >= 15 is 0 Å². The molecule has 0 unspecified atom stereocenters. The highest BCUT2D eigenvalue weighted by atomic mass is 32.2. The van der Waals surface area contributed by atoms with Gasteiger partial charge < -0.3 is 14.2 Å². The molecule has 178 valence electrons. The standard InChI is InChI=1S/C25H22N4O5S/c1-18-7-11-20(12-8-18)35(31,32)34-23-13-9-19(15-24(23)33-2)10-14-25(30)28-21-5-3-4-6-22(21)29-17-26-16-27-29/h3-17H,1-2H3,(H,28,30)/b14-10+. The molecule has 9 nitrogen and oxygen atoms in total. The topological polar surface area (TPSA) is 112 Å². The number of methoxy groups -OCH3 is 1. The molecule has 0 saturated heterocycles. The van der Waals surface area contributed by atoms with Gasteiger partial charge in [0.25, 0.3) is 0 Å². The number of rotatable bonds is 8. The van der Waals surface area contributed by atoms with E-state index in [4.69, 9.17) is 8.92 Å². The highest BCUT2D eigenvalue weighted by molar-refractivity contribution is 7.87. The van der Waals surface area contributed by atoms with E-state index in [-0.39, 0.29) is 22.3 Å². The van der Waals surface area contributed by atoms with Crippen molar-refractivity contribution in [3.63, 3.8) is 0 Å². The van der Waals surface area contributed by atoms with Gasteiger partial charge in [0.1, 0.15) is 17.6 Å². The fourth-order valence-electron chi connectivity index (χ4n) is 3.19. The van der Waals surface area contributed by atoms with Crippen molar-refractivity contribution in [2.75, 3.05) is 12.4 Å². The van der Waals surface area contributed by atoms with Crippen LogP contribution in [0.5, 0.6) is 11.5 Å². The van der Waals surface area contributed by atoms with Gasteiger partial charge >= 0.3 is 10.1 Å². The van der Waals surface area contributed by atoms with E-state index < -0.39 is 10.1 Å². The summed E-state index contributed by atoms with van der Waals surface area (Å²) in [5.41, 5.74) is 2.78. The van der Waals surface area contributed by atoms with Crippen molar-refractivity contribution in [1.29, 1.82) is 0 Å². The van der Waals surface area contributed by atoms with E-state index in [2.05, 4.69) is 15.4 Å². The lowest BCUT2D eigenvalue weighted by molar-refractivity contribution is -0.111. The summed E-state index contributed by atoms with van der Waals surface area (Å²) in [6.45, 7) is 1.86. The number of nitrogens with zero attached hydrogens (tertiary/aromatic N) is 3. The first-order valence-electron chi connectivity index (χ1n) is 10.5. The Kier molecular flexibility index (Phi) is 6.93. The van der Waals surface area contributed by atoms with E-state index in [0.717, 1.165) is 5.56 Å². The molecule has 0 radical (unpaired) electrons. The zero-order chi connectivity index (χ0) is 24.8. The van der Waals surface area contributed by atoms with Crippen molar-refractivity contribution in [2.45, 2.75) is 11.8 Å². The summed E-state index contributed by atoms with van der Waals surface area (Å²) >= 11 is 0. The van der Waals surface area contributed by atoms with Crippen LogP contribution in [0, 0.1) is 6.92 Å². The fourth-order valence-corrected chi connectivity index (χ4v) is 4.13. The van der Waals surface area contributed by atoms with Gasteiger partial charge in [0.05, 0.1) is 18.5 Å². The fraction of sp³-hybridized carbons (Fsp3) is 0.0800. The molecule has 0 fully saturated rings. The summed E-state index contributed by atoms with van der Waals surface area (Å²) in [4.78, 5) is 16.5. The normalized spacial score (nSPS) is 11.4. The second-order valence-corrected chi connectivity index (χ2v) is 8.99. The van der Waals surface area contributed by atoms with Crippen molar-refractivity contribution in [3.05, 3.63) is 96.6 Å². The minimum Gasteiger partial charge on any atom is -0.493 e. The molecule has 0 atom stereocenters. The minimum atomic E-state index is -4.03. The van der Waals surface area contributed by atoms with E-state index in [1.165, 1.54) is 44.0 Å². The first-order valence-corrected chi connectivity index (χ1v) is 11.9. The Bertz CT molecular complexity index is 1460. The van der Waals surface area contributed by atoms with Crippen molar-refractivity contribution in [3.8, 4) is 17.2 Å². The van der Waals surface area contributed by atoms with Crippen molar-refractivity contribution < 1.29 is 22.1 Å². The van der Waals surface area contributed by atoms with E-state index in [9.17, 15) is 13.2 Å². The molecule has 10 heteroatoms. The van der Waals surface area contributed by atoms with Gasteiger partial charge in [-0.15, -0.1) is 0 Å². The molecule has 1 aromatic heterocycles. The molecule has 1 N–H and O–H groups in total. The summed E-state index contributed by atoms with van der Waals surface area (Å²) in [6.07, 6.45) is 5.88. The zero-order valence-electron chi connectivity index (χ0n) is 19.0. The first kappa shape index (κ1) is 23.7. The van der Waals surface area contributed by atoms with Gasteiger partial charge in [-0.2, -0.15) is 13.5 Å². The van der Waals surface area contributed by atoms with Gasteiger partial charge in [-0.1, -0.05) is 35.9 Å². The predicted molar refractivity (Wildman–Crippen MR) is 131 cm³/mol. The molecule has 1 amide bonds. The van der Waals surface area contributed by atoms with Gasteiger partial charge in [-0.25, -0.2) is 9.67 Å². The third-order valence-electron chi connectivity index (χ3n) is 4.95. The van der Waals surface area contributed by atoms with Gasteiger partial charge in [0.2, 0.25) is 5.91 Å².